The maximum atomic E-state index is 10.4. The SMILES string of the molecule is CCCCC[C@H](O)/C=C/C1CCC[C@@H]1C/C=C\CCCC(=O)O. The molecule has 0 heterocycles. The molecule has 0 spiro atoms. The Morgan fingerprint density at radius 3 is 2.78 bits per heavy atom. The van der Waals surface area contributed by atoms with Crippen molar-refractivity contribution in [2.75, 3.05) is 0 Å². The van der Waals surface area contributed by atoms with E-state index in [9.17, 15) is 9.90 Å². The van der Waals surface area contributed by atoms with Crippen molar-refractivity contribution >= 4 is 5.97 Å². The zero-order chi connectivity index (χ0) is 16.9. The lowest BCUT2D eigenvalue weighted by atomic mass is 9.91. The third kappa shape index (κ3) is 9.60. The summed E-state index contributed by atoms with van der Waals surface area (Å²) in [4.78, 5) is 10.4. The molecule has 0 aromatic carbocycles. The molecule has 1 saturated carbocycles. The Hall–Kier alpha value is -1.09. The summed E-state index contributed by atoms with van der Waals surface area (Å²) >= 11 is 0. The monoisotopic (exact) mass is 322 g/mol. The van der Waals surface area contributed by atoms with E-state index in [1.54, 1.807) is 0 Å². The smallest absolute Gasteiger partial charge is 0.303 e. The summed E-state index contributed by atoms with van der Waals surface area (Å²) in [5, 5.41) is 18.6. The standard InChI is InChI=1S/C20H34O3/c1-2-3-6-13-19(21)16-15-18-12-9-11-17(18)10-7-4-5-8-14-20(22)23/h4,7,15-19,21H,2-3,5-6,8-14H2,1H3,(H,22,23)/b7-4-,16-15+/t17-,18?,19-/m0/s1. The maximum absolute atomic E-state index is 10.4. The molecule has 0 saturated heterocycles. The highest BCUT2D eigenvalue weighted by Gasteiger charge is 2.23. The van der Waals surface area contributed by atoms with E-state index in [-0.39, 0.29) is 12.5 Å². The topological polar surface area (TPSA) is 57.5 Å². The van der Waals surface area contributed by atoms with Gasteiger partial charge in [-0.15, -0.1) is 0 Å². The molecule has 0 aromatic heterocycles. The second kappa shape index (κ2) is 12.3. The molecule has 3 heteroatoms. The number of aliphatic hydroxyl groups is 1. The van der Waals surface area contributed by atoms with Crippen LogP contribution in [0.1, 0.15) is 77.6 Å². The van der Waals surface area contributed by atoms with Crippen molar-refractivity contribution in [1.82, 2.24) is 0 Å². The van der Waals surface area contributed by atoms with Crippen LogP contribution in [0.15, 0.2) is 24.3 Å². The molecule has 3 atom stereocenters. The molecular formula is C20H34O3. The predicted molar refractivity (Wildman–Crippen MR) is 95.4 cm³/mol. The molecule has 0 aliphatic heterocycles. The average molecular weight is 322 g/mol. The first-order chi connectivity index (χ1) is 11.1. The van der Waals surface area contributed by atoms with Crippen LogP contribution in [0.5, 0.6) is 0 Å². The van der Waals surface area contributed by atoms with Crippen molar-refractivity contribution in [3.05, 3.63) is 24.3 Å². The van der Waals surface area contributed by atoms with Gasteiger partial charge in [-0.1, -0.05) is 56.9 Å². The van der Waals surface area contributed by atoms with Gasteiger partial charge < -0.3 is 10.2 Å². The van der Waals surface area contributed by atoms with Crippen LogP contribution in [-0.2, 0) is 4.79 Å². The van der Waals surface area contributed by atoms with Crippen LogP contribution in [0.4, 0.5) is 0 Å². The second-order valence-corrected chi connectivity index (χ2v) is 6.80. The molecule has 1 fully saturated rings. The molecule has 1 rings (SSSR count). The van der Waals surface area contributed by atoms with E-state index < -0.39 is 5.97 Å². The van der Waals surface area contributed by atoms with Crippen LogP contribution in [0.3, 0.4) is 0 Å². The lowest BCUT2D eigenvalue weighted by Crippen LogP contribution is -2.07. The fourth-order valence-electron chi connectivity index (χ4n) is 3.34. The minimum atomic E-state index is -0.711. The molecule has 23 heavy (non-hydrogen) atoms. The van der Waals surface area contributed by atoms with Gasteiger partial charge in [-0.25, -0.2) is 0 Å². The van der Waals surface area contributed by atoms with Gasteiger partial charge in [-0.05, 0) is 50.4 Å². The minimum absolute atomic E-state index is 0.259. The highest BCUT2D eigenvalue weighted by Crippen LogP contribution is 2.35. The van der Waals surface area contributed by atoms with Gasteiger partial charge >= 0.3 is 5.97 Å². The number of carbonyl (C=O) groups is 1. The van der Waals surface area contributed by atoms with Gasteiger partial charge in [-0.3, -0.25) is 4.79 Å². The van der Waals surface area contributed by atoms with E-state index >= 15 is 0 Å². The van der Waals surface area contributed by atoms with E-state index in [2.05, 4.69) is 25.2 Å². The molecule has 3 nitrogen and oxygen atoms in total. The van der Waals surface area contributed by atoms with Crippen molar-refractivity contribution in [3.8, 4) is 0 Å². The summed E-state index contributed by atoms with van der Waals surface area (Å²) in [6.07, 6.45) is 19.4. The molecule has 0 bridgehead atoms. The fraction of sp³-hybridized carbons (Fsp3) is 0.750. The summed E-state index contributed by atoms with van der Waals surface area (Å²) in [6, 6.07) is 0. The molecular weight excluding hydrogens is 288 g/mol. The molecule has 1 aliphatic carbocycles. The first-order valence-electron chi connectivity index (χ1n) is 9.36. The van der Waals surface area contributed by atoms with Gasteiger partial charge in [-0.2, -0.15) is 0 Å². The van der Waals surface area contributed by atoms with Crippen LogP contribution in [0.2, 0.25) is 0 Å². The highest BCUT2D eigenvalue weighted by atomic mass is 16.4. The van der Waals surface area contributed by atoms with E-state index in [1.165, 1.54) is 32.1 Å². The lowest BCUT2D eigenvalue weighted by Gasteiger charge is -2.15. The second-order valence-electron chi connectivity index (χ2n) is 6.80. The zero-order valence-electron chi connectivity index (χ0n) is 14.6. The summed E-state index contributed by atoms with van der Waals surface area (Å²) in [7, 11) is 0. The minimum Gasteiger partial charge on any atom is -0.481 e. The Balaban J connectivity index is 2.24. The van der Waals surface area contributed by atoms with E-state index in [0.29, 0.717) is 11.8 Å². The summed E-state index contributed by atoms with van der Waals surface area (Å²) < 4.78 is 0. The Bertz CT molecular complexity index is 373. The number of allylic oxidation sites excluding steroid dienone is 3. The average Bonchev–Trinajstić information content (AvgIpc) is 2.96. The van der Waals surface area contributed by atoms with E-state index in [4.69, 9.17) is 5.11 Å². The van der Waals surface area contributed by atoms with Gasteiger partial charge in [0.05, 0.1) is 6.10 Å². The number of rotatable bonds is 12. The molecule has 2 N–H and O–H groups in total. The van der Waals surface area contributed by atoms with E-state index in [0.717, 1.165) is 32.1 Å². The molecule has 1 aliphatic rings. The molecule has 132 valence electrons. The maximum Gasteiger partial charge on any atom is 0.303 e. The Morgan fingerprint density at radius 1 is 1.22 bits per heavy atom. The van der Waals surface area contributed by atoms with Gasteiger partial charge in [0.2, 0.25) is 0 Å². The van der Waals surface area contributed by atoms with Crippen molar-refractivity contribution < 1.29 is 15.0 Å². The van der Waals surface area contributed by atoms with Crippen LogP contribution in [0.25, 0.3) is 0 Å². The molecule has 0 aromatic rings. The number of unbranched alkanes of at least 4 members (excludes halogenated alkanes) is 3. The number of hydrogen-bond donors (Lipinski definition) is 2. The Morgan fingerprint density at radius 2 is 2.04 bits per heavy atom. The predicted octanol–water partition coefficient (Wildman–Crippen LogP) is 5.10. The molecule has 1 unspecified atom stereocenters. The highest BCUT2D eigenvalue weighted by molar-refractivity contribution is 5.66. The van der Waals surface area contributed by atoms with Crippen LogP contribution in [-0.4, -0.2) is 22.3 Å². The van der Waals surface area contributed by atoms with E-state index in [1.807, 2.05) is 6.08 Å². The third-order valence-corrected chi connectivity index (χ3v) is 4.77. The van der Waals surface area contributed by atoms with Gasteiger partial charge in [0.1, 0.15) is 0 Å². The van der Waals surface area contributed by atoms with Gasteiger partial charge in [0, 0.05) is 6.42 Å². The quantitative estimate of drug-likeness (QED) is 0.388. The van der Waals surface area contributed by atoms with Gasteiger partial charge in [0.15, 0.2) is 0 Å². The first kappa shape index (κ1) is 20.0. The number of carboxylic acid groups (broad SMARTS) is 1. The van der Waals surface area contributed by atoms with Crippen molar-refractivity contribution in [3.63, 3.8) is 0 Å². The fourth-order valence-corrected chi connectivity index (χ4v) is 3.34. The Labute approximate surface area is 141 Å². The Kier molecular flexibility index (Phi) is 10.7. The molecule has 0 radical (unpaired) electrons. The number of carboxylic acids is 1. The van der Waals surface area contributed by atoms with Crippen LogP contribution < -0.4 is 0 Å². The van der Waals surface area contributed by atoms with Crippen molar-refractivity contribution in [1.29, 1.82) is 0 Å². The lowest BCUT2D eigenvalue weighted by molar-refractivity contribution is -0.137. The van der Waals surface area contributed by atoms with Crippen LogP contribution in [0, 0.1) is 11.8 Å². The summed E-state index contributed by atoms with van der Waals surface area (Å²) in [6.45, 7) is 2.18. The number of aliphatic carboxylic acids is 1. The largest absolute Gasteiger partial charge is 0.481 e. The summed E-state index contributed by atoms with van der Waals surface area (Å²) in [5.74, 6) is 0.571. The first-order valence-corrected chi connectivity index (χ1v) is 9.36. The van der Waals surface area contributed by atoms with Crippen molar-refractivity contribution in [2.24, 2.45) is 11.8 Å². The number of aliphatic hydroxyl groups excluding tert-OH is 1. The third-order valence-electron chi connectivity index (χ3n) is 4.77. The van der Waals surface area contributed by atoms with Crippen LogP contribution >= 0.6 is 0 Å². The normalized spacial score (nSPS) is 23.0. The molecule has 0 amide bonds. The van der Waals surface area contributed by atoms with Crippen molar-refractivity contribution in [2.45, 2.75) is 83.7 Å². The van der Waals surface area contributed by atoms with Gasteiger partial charge in [0.25, 0.3) is 0 Å². The summed E-state index contributed by atoms with van der Waals surface area (Å²) in [5.41, 5.74) is 0. The number of hydrogen-bond acceptors (Lipinski definition) is 2. The zero-order valence-corrected chi connectivity index (χ0v) is 14.6.